The molecule has 160 valence electrons. The highest BCUT2D eigenvalue weighted by Crippen LogP contribution is 2.47. The maximum absolute atomic E-state index is 15.3. The first-order valence-corrected chi connectivity index (χ1v) is 11.3. The highest BCUT2D eigenvalue weighted by atomic mass is 127. The van der Waals surface area contributed by atoms with Crippen LogP contribution in [0, 0.1) is 11.8 Å². The number of anilines is 2. The van der Waals surface area contributed by atoms with Crippen LogP contribution in [0.2, 0.25) is 0 Å². The number of ether oxygens (including phenoxy) is 1. The van der Waals surface area contributed by atoms with Gasteiger partial charge in [-0.25, -0.2) is 9.37 Å². The Kier molecular flexibility index (Phi) is 6.32. The standard InChI is InChI=1S/C19H28FIN6O2/c1-7-19(8-21)11(4)12(20)17(29-19)27-9-22-13-14(26(5)6)23-18(24-15(13)27)25-16(28)10(2)3/h9-12,17H,7-8H2,1-6H3,(H,23,24,25,28)/t11-,12-,17+,19-/m0/s1. The van der Waals surface area contributed by atoms with Gasteiger partial charge in [0.05, 0.1) is 11.9 Å². The van der Waals surface area contributed by atoms with E-state index >= 15 is 4.39 Å². The van der Waals surface area contributed by atoms with Crippen LogP contribution < -0.4 is 10.2 Å². The second-order valence-corrected chi connectivity index (χ2v) is 8.79. The molecule has 0 aliphatic carbocycles. The predicted octanol–water partition coefficient (Wildman–Crippen LogP) is 3.57. The number of hydrogen-bond acceptors (Lipinski definition) is 6. The smallest absolute Gasteiger partial charge is 0.233 e. The van der Waals surface area contributed by atoms with Crippen LogP contribution in [0.15, 0.2) is 6.33 Å². The molecule has 3 heterocycles. The van der Waals surface area contributed by atoms with Crippen LogP contribution in [0.5, 0.6) is 0 Å². The van der Waals surface area contributed by atoms with Crippen molar-refractivity contribution in [3.8, 4) is 0 Å². The average Bonchev–Trinajstić information content (AvgIpc) is 3.21. The van der Waals surface area contributed by atoms with E-state index in [1.54, 1.807) is 29.6 Å². The van der Waals surface area contributed by atoms with E-state index in [4.69, 9.17) is 4.74 Å². The fraction of sp³-hybridized carbons (Fsp3) is 0.684. The molecule has 10 heteroatoms. The van der Waals surface area contributed by atoms with Gasteiger partial charge in [-0.3, -0.25) is 14.7 Å². The van der Waals surface area contributed by atoms with Crippen molar-refractivity contribution < 1.29 is 13.9 Å². The van der Waals surface area contributed by atoms with Gasteiger partial charge in [-0.1, -0.05) is 50.3 Å². The lowest BCUT2D eigenvalue weighted by Gasteiger charge is -2.29. The third kappa shape index (κ3) is 3.80. The van der Waals surface area contributed by atoms with Crippen LogP contribution in [0.25, 0.3) is 11.2 Å². The molecule has 1 N–H and O–H groups in total. The SMILES string of the molecule is CC[C@@]1(CI)O[C@@H](n2cnc3c(N(C)C)nc(NC(=O)C(C)C)nc32)[C@@H](F)[C@@H]1C. The van der Waals surface area contributed by atoms with E-state index in [0.29, 0.717) is 27.8 Å². The zero-order valence-electron chi connectivity index (χ0n) is 17.6. The molecule has 8 nitrogen and oxygen atoms in total. The van der Waals surface area contributed by atoms with E-state index in [2.05, 4.69) is 42.9 Å². The molecule has 0 radical (unpaired) electrons. The lowest BCUT2D eigenvalue weighted by molar-refractivity contribution is -0.118. The van der Waals surface area contributed by atoms with Crippen molar-refractivity contribution in [2.75, 3.05) is 28.7 Å². The molecule has 1 aliphatic rings. The fourth-order valence-corrected chi connectivity index (χ4v) is 4.94. The molecule has 0 unspecified atom stereocenters. The number of nitrogens with one attached hydrogen (secondary N) is 1. The summed E-state index contributed by atoms with van der Waals surface area (Å²) in [6.07, 6.45) is 0.231. The number of rotatable bonds is 6. The van der Waals surface area contributed by atoms with Gasteiger partial charge in [0.25, 0.3) is 0 Å². The highest BCUT2D eigenvalue weighted by molar-refractivity contribution is 14.1. The summed E-state index contributed by atoms with van der Waals surface area (Å²) in [6.45, 7) is 7.49. The molecule has 4 atom stereocenters. The topological polar surface area (TPSA) is 85.2 Å². The van der Waals surface area contributed by atoms with Crippen molar-refractivity contribution in [1.82, 2.24) is 19.5 Å². The van der Waals surface area contributed by atoms with E-state index in [0.717, 1.165) is 0 Å². The van der Waals surface area contributed by atoms with Gasteiger partial charge in [-0.05, 0) is 6.42 Å². The minimum atomic E-state index is -1.20. The summed E-state index contributed by atoms with van der Waals surface area (Å²) >= 11 is 2.26. The molecule has 0 saturated carbocycles. The molecule has 2 aromatic rings. The number of alkyl halides is 2. The molecule has 1 saturated heterocycles. The van der Waals surface area contributed by atoms with Crippen molar-refractivity contribution >= 4 is 51.4 Å². The first-order chi connectivity index (χ1) is 13.6. The van der Waals surface area contributed by atoms with Gasteiger partial charge in [-0.15, -0.1) is 0 Å². The molecule has 1 aliphatic heterocycles. The lowest BCUT2D eigenvalue weighted by Crippen LogP contribution is -2.36. The summed E-state index contributed by atoms with van der Waals surface area (Å²) in [5.41, 5.74) is 0.431. The summed E-state index contributed by atoms with van der Waals surface area (Å²) in [6, 6.07) is 0. The molecular formula is C19H28FIN6O2. The Labute approximate surface area is 183 Å². The second kappa shape index (κ2) is 8.29. The molecule has 29 heavy (non-hydrogen) atoms. The van der Waals surface area contributed by atoms with Gasteiger partial charge in [0.1, 0.15) is 0 Å². The van der Waals surface area contributed by atoms with Gasteiger partial charge < -0.3 is 9.64 Å². The molecule has 0 aromatic carbocycles. The number of hydrogen-bond donors (Lipinski definition) is 1. The number of nitrogens with zero attached hydrogens (tertiary/aromatic N) is 5. The van der Waals surface area contributed by atoms with E-state index in [9.17, 15) is 4.79 Å². The van der Waals surface area contributed by atoms with Crippen LogP contribution in [-0.4, -0.2) is 55.7 Å². The van der Waals surface area contributed by atoms with Crippen LogP contribution in [0.1, 0.15) is 40.3 Å². The van der Waals surface area contributed by atoms with Crippen molar-refractivity contribution in [3.63, 3.8) is 0 Å². The maximum atomic E-state index is 15.3. The fourth-order valence-electron chi connectivity index (χ4n) is 3.52. The number of amides is 1. The number of fused-ring (bicyclic) bond motifs is 1. The van der Waals surface area contributed by atoms with E-state index < -0.39 is 18.0 Å². The van der Waals surface area contributed by atoms with E-state index in [1.165, 1.54) is 0 Å². The van der Waals surface area contributed by atoms with Gasteiger partial charge in [0, 0.05) is 30.4 Å². The minimum absolute atomic E-state index is 0.166. The average molecular weight is 518 g/mol. The van der Waals surface area contributed by atoms with E-state index in [1.807, 2.05) is 27.9 Å². The Hall–Kier alpha value is -1.56. The zero-order valence-corrected chi connectivity index (χ0v) is 19.8. The number of imidazole rings is 1. The van der Waals surface area contributed by atoms with Crippen molar-refractivity contribution in [1.29, 1.82) is 0 Å². The summed E-state index contributed by atoms with van der Waals surface area (Å²) < 4.78 is 23.9. The quantitative estimate of drug-likeness (QED) is 0.465. The van der Waals surface area contributed by atoms with Crippen molar-refractivity contribution in [2.45, 2.75) is 52.1 Å². The van der Waals surface area contributed by atoms with Gasteiger partial charge >= 0.3 is 0 Å². The second-order valence-electron chi connectivity index (χ2n) is 8.03. The monoisotopic (exact) mass is 518 g/mol. The van der Waals surface area contributed by atoms with Crippen LogP contribution in [0.4, 0.5) is 16.2 Å². The van der Waals surface area contributed by atoms with E-state index in [-0.39, 0.29) is 23.7 Å². The highest BCUT2D eigenvalue weighted by Gasteiger charge is 2.52. The van der Waals surface area contributed by atoms with Crippen LogP contribution in [-0.2, 0) is 9.53 Å². The van der Waals surface area contributed by atoms with Gasteiger partial charge in [0.15, 0.2) is 29.4 Å². The molecule has 0 bridgehead atoms. The number of aromatic nitrogens is 4. The Bertz CT molecular complexity index is 898. The normalized spacial score (nSPS) is 27.0. The number of halogens is 2. The third-order valence-corrected chi connectivity index (χ3v) is 6.91. The Balaban J connectivity index is 2.10. The number of carbonyl (C=O) groups excluding carboxylic acids is 1. The van der Waals surface area contributed by atoms with Gasteiger partial charge in [0.2, 0.25) is 11.9 Å². The first-order valence-electron chi connectivity index (χ1n) is 9.75. The number of carbonyl (C=O) groups is 1. The summed E-state index contributed by atoms with van der Waals surface area (Å²) in [7, 11) is 3.66. The Morgan fingerprint density at radius 1 is 1.45 bits per heavy atom. The first kappa shape index (κ1) is 22.1. The predicted molar refractivity (Wildman–Crippen MR) is 119 cm³/mol. The third-order valence-electron chi connectivity index (χ3n) is 5.62. The molecule has 1 fully saturated rings. The van der Waals surface area contributed by atoms with Crippen molar-refractivity contribution in [3.05, 3.63) is 6.33 Å². The summed E-state index contributed by atoms with van der Waals surface area (Å²) in [4.78, 5) is 27.3. The maximum Gasteiger partial charge on any atom is 0.233 e. The largest absolute Gasteiger partial charge is 0.361 e. The molecular weight excluding hydrogens is 490 g/mol. The van der Waals surface area contributed by atoms with Crippen LogP contribution >= 0.6 is 22.6 Å². The Morgan fingerprint density at radius 2 is 2.14 bits per heavy atom. The molecule has 3 rings (SSSR count). The molecule has 0 spiro atoms. The summed E-state index contributed by atoms with van der Waals surface area (Å²) in [5, 5.41) is 2.73. The van der Waals surface area contributed by atoms with Crippen molar-refractivity contribution in [2.24, 2.45) is 11.8 Å². The minimum Gasteiger partial charge on any atom is -0.361 e. The lowest BCUT2D eigenvalue weighted by atomic mass is 9.87. The van der Waals surface area contributed by atoms with Crippen LogP contribution in [0.3, 0.4) is 0 Å². The zero-order chi connectivity index (χ0) is 21.5. The molecule has 2 aromatic heterocycles. The molecule has 1 amide bonds. The van der Waals surface area contributed by atoms with Gasteiger partial charge in [-0.2, -0.15) is 9.97 Å². The Morgan fingerprint density at radius 3 is 2.66 bits per heavy atom. The summed E-state index contributed by atoms with van der Waals surface area (Å²) in [5.74, 6) is 0.0417.